The summed E-state index contributed by atoms with van der Waals surface area (Å²) in [6, 6.07) is 48.6. The molecule has 4 nitrogen and oxygen atoms in total. The van der Waals surface area contributed by atoms with Crippen molar-refractivity contribution in [2.24, 2.45) is 9.98 Å². The molecule has 1 aliphatic heterocycles. The van der Waals surface area contributed by atoms with Crippen LogP contribution in [-0.2, 0) is 0 Å². The first-order chi connectivity index (χ1) is 21.3. The third kappa shape index (κ3) is 3.77. The van der Waals surface area contributed by atoms with Crippen LogP contribution >= 0.6 is 0 Å². The Morgan fingerprint density at radius 1 is 0.465 bits per heavy atom. The van der Waals surface area contributed by atoms with Crippen molar-refractivity contribution in [3.05, 3.63) is 156 Å². The zero-order chi connectivity index (χ0) is 28.3. The third-order valence-electron chi connectivity index (χ3n) is 8.50. The number of aliphatic imine (C=N–C) groups is 2. The summed E-state index contributed by atoms with van der Waals surface area (Å²) in [4.78, 5) is 10.5. The summed E-state index contributed by atoms with van der Waals surface area (Å²) in [5, 5.41) is 12.8. The summed E-state index contributed by atoms with van der Waals surface area (Å²) >= 11 is 0. The van der Waals surface area contributed by atoms with E-state index in [0.717, 1.165) is 61.1 Å². The number of fused-ring (bicyclic) bond motifs is 8. The molecule has 43 heavy (non-hydrogen) atoms. The van der Waals surface area contributed by atoms with E-state index in [-0.39, 0.29) is 0 Å². The quantitative estimate of drug-likeness (QED) is 0.222. The van der Waals surface area contributed by atoms with Gasteiger partial charge in [0.15, 0.2) is 6.17 Å². The molecule has 0 bridgehead atoms. The van der Waals surface area contributed by atoms with Crippen LogP contribution in [0.25, 0.3) is 54.3 Å². The molecule has 202 valence electrons. The number of hydrogen-bond donors (Lipinski definition) is 1. The van der Waals surface area contributed by atoms with Crippen LogP contribution in [0, 0.1) is 0 Å². The fraction of sp³-hybridized carbons (Fsp3) is 0.0256. The van der Waals surface area contributed by atoms with Crippen molar-refractivity contribution < 1.29 is 4.42 Å². The Morgan fingerprint density at radius 3 is 1.88 bits per heavy atom. The van der Waals surface area contributed by atoms with Gasteiger partial charge in [-0.1, -0.05) is 127 Å². The molecule has 0 fully saturated rings. The molecule has 0 saturated heterocycles. The van der Waals surface area contributed by atoms with Gasteiger partial charge >= 0.3 is 0 Å². The summed E-state index contributed by atoms with van der Waals surface area (Å²) in [7, 11) is 0. The van der Waals surface area contributed by atoms with Crippen LogP contribution in [0.3, 0.4) is 0 Å². The number of amidine groups is 2. The molecular weight excluding hydrogens is 526 g/mol. The van der Waals surface area contributed by atoms with E-state index in [9.17, 15) is 0 Å². The molecule has 0 spiro atoms. The summed E-state index contributed by atoms with van der Waals surface area (Å²) in [5.41, 5.74) is 4.83. The van der Waals surface area contributed by atoms with Gasteiger partial charge in [-0.05, 0) is 39.2 Å². The van der Waals surface area contributed by atoms with Crippen LogP contribution in [0.5, 0.6) is 0 Å². The van der Waals surface area contributed by atoms with Crippen molar-refractivity contribution in [1.29, 1.82) is 0 Å². The van der Waals surface area contributed by atoms with E-state index in [1.807, 2.05) is 30.3 Å². The van der Waals surface area contributed by atoms with Crippen LogP contribution in [0.2, 0.25) is 0 Å². The first-order valence-corrected chi connectivity index (χ1v) is 14.5. The van der Waals surface area contributed by atoms with Crippen LogP contribution in [0.1, 0.15) is 22.9 Å². The van der Waals surface area contributed by atoms with Gasteiger partial charge in [0.25, 0.3) is 0 Å². The number of benzene rings is 7. The SMILES string of the molecule is c1ccc(C2N=C(c3cccc4ccc5ccccc5c34)NC(c3cccc4ccc5c6ccccc6oc5c34)=N2)cc1. The fourth-order valence-corrected chi connectivity index (χ4v) is 6.50. The molecule has 1 atom stereocenters. The Bertz CT molecular complexity index is 2440. The van der Waals surface area contributed by atoms with E-state index in [1.165, 1.54) is 21.5 Å². The molecule has 0 radical (unpaired) electrons. The molecule has 9 rings (SSSR count). The average molecular weight is 552 g/mol. The Kier molecular flexibility index (Phi) is 5.23. The van der Waals surface area contributed by atoms with Crippen LogP contribution in [-0.4, -0.2) is 11.7 Å². The zero-order valence-corrected chi connectivity index (χ0v) is 23.2. The molecule has 1 aromatic heterocycles. The second-order valence-corrected chi connectivity index (χ2v) is 11.0. The zero-order valence-electron chi connectivity index (χ0n) is 23.2. The Morgan fingerprint density at radius 2 is 1.07 bits per heavy atom. The van der Waals surface area contributed by atoms with E-state index in [4.69, 9.17) is 14.4 Å². The third-order valence-corrected chi connectivity index (χ3v) is 8.50. The maximum Gasteiger partial charge on any atom is 0.169 e. The minimum Gasteiger partial charge on any atom is -0.455 e. The molecule has 8 aromatic rings. The standard InChI is InChI=1S/C39H25N3O/c1-2-11-27(12-3-1)37-40-38(31-17-8-13-25-21-20-24-10-4-5-15-28(24)34(25)31)42-39(41-37)32-18-9-14-26-22-23-30-29-16-6-7-19-33(29)43-36(30)35(26)32/h1-23,37H,(H,40,41,42). The van der Waals surface area contributed by atoms with E-state index in [1.54, 1.807) is 0 Å². The van der Waals surface area contributed by atoms with Gasteiger partial charge < -0.3 is 9.73 Å². The lowest BCUT2D eigenvalue weighted by Gasteiger charge is -2.24. The molecule has 0 saturated carbocycles. The molecule has 2 heterocycles. The predicted octanol–water partition coefficient (Wildman–Crippen LogP) is 9.54. The van der Waals surface area contributed by atoms with Gasteiger partial charge in [-0.15, -0.1) is 0 Å². The van der Waals surface area contributed by atoms with Crippen molar-refractivity contribution in [2.45, 2.75) is 6.17 Å². The normalized spacial score (nSPS) is 15.2. The highest BCUT2D eigenvalue weighted by molar-refractivity contribution is 6.28. The lowest BCUT2D eigenvalue weighted by atomic mass is 9.96. The Labute approximate surface area is 247 Å². The van der Waals surface area contributed by atoms with Crippen molar-refractivity contribution in [3.8, 4) is 0 Å². The number of rotatable bonds is 3. The first-order valence-electron chi connectivity index (χ1n) is 14.5. The summed E-state index contributed by atoms with van der Waals surface area (Å²) in [6.45, 7) is 0. The van der Waals surface area contributed by atoms with Gasteiger partial charge in [0.05, 0.1) is 0 Å². The number of para-hydroxylation sites is 1. The summed E-state index contributed by atoms with van der Waals surface area (Å²) in [5.74, 6) is 1.57. The maximum atomic E-state index is 6.51. The van der Waals surface area contributed by atoms with Gasteiger partial charge in [-0.3, -0.25) is 0 Å². The molecule has 0 aliphatic carbocycles. The van der Waals surface area contributed by atoms with Gasteiger partial charge in [0.1, 0.15) is 22.8 Å². The van der Waals surface area contributed by atoms with Crippen LogP contribution in [0.15, 0.2) is 154 Å². The Balaban J connectivity index is 1.30. The van der Waals surface area contributed by atoms with Gasteiger partial charge in [-0.25, -0.2) is 9.98 Å². The Hall–Kier alpha value is -5.74. The van der Waals surface area contributed by atoms with Gasteiger partial charge in [0.2, 0.25) is 0 Å². The monoisotopic (exact) mass is 551 g/mol. The second-order valence-electron chi connectivity index (χ2n) is 11.0. The minimum absolute atomic E-state index is 0.400. The first kappa shape index (κ1) is 23.9. The van der Waals surface area contributed by atoms with E-state index >= 15 is 0 Å². The largest absolute Gasteiger partial charge is 0.455 e. The molecule has 0 amide bonds. The van der Waals surface area contributed by atoms with Crippen LogP contribution < -0.4 is 5.32 Å². The highest BCUT2D eigenvalue weighted by Gasteiger charge is 2.24. The van der Waals surface area contributed by atoms with E-state index in [2.05, 4.69) is 115 Å². The molecule has 1 aliphatic rings. The van der Waals surface area contributed by atoms with Crippen LogP contribution in [0.4, 0.5) is 0 Å². The molecular formula is C39H25N3O. The fourth-order valence-electron chi connectivity index (χ4n) is 6.50. The van der Waals surface area contributed by atoms with Crippen molar-refractivity contribution in [1.82, 2.24) is 5.32 Å². The highest BCUT2D eigenvalue weighted by Crippen LogP contribution is 2.37. The van der Waals surface area contributed by atoms with E-state index < -0.39 is 6.17 Å². The topological polar surface area (TPSA) is 49.9 Å². The maximum absolute atomic E-state index is 6.51. The second kappa shape index (κ2) is 9.40. The summed E-state index contributed by atoms with van der Waals surface area (Å²) in [6.07, 6.45) is -0.400. The summed E-state index contributed by atoms with van der Waals surface area (Å²) < 4.78 is 6.51. The molecule has 7 aromatic carbocycles. The highest BCUT2D eigenvalue weighted by atomic mass is 16.3. The number of furan rings is 1. The van der Waals surface area contributed by atoms with Crippen molar-refractivity contribution in [3.63, 3.8) is 0 Å². The number of nitrogens with one attached hydrogen (secondary N) is 1. The average Bonchev–Trinajstić information content (AvgIpc) is 3.47. The molecule has 1 N–H and O–H groups in total. The molecule has 4 heteroatoms. The van der Waals surface area contributed by atoms with Crippen molar-refractivity contribution in [2.75, 3.05) is 0 Å². The number of nitrogens with zero attached hydrogens (tertiary/aromatic N) is 2. The minimum atomic E-state index is -0.400. The van der Waals surface area contributed by atoms with Gasteiger partial charge in [0, 0.05) is 32.7 Å². The van der Waals surface area contributed by atoms with Crippen molar-refractivity contribution >= 4 is 65.9 Å². The predicted molar refractivity (Wildman–Crippen MR) is 178 cm³/mol. The smallest absolute Gasteiger partial charge is 0.169 e. The van der Waals surface area contributed by atoms with Gasteiger partial charge in [-0.2, -0.15) is 0 Å². The lowest BCUT2D eigenvalue weighted by Crippen LogP contribution is -2.36. The molecule has 1 unspecified atom stereocenters. The number of hydrogen-bond acceptors (Lipinski definition) is 4. The lowest BCUT2D eigenvalue weighted by molar-refractivity contribution is 0.672. The van der Waals surface area contributed by atoms with E-state index in [0.29, 0.717) is 0 Å².